The molecule has 0 unspecified atom stereocenters. The minimum Gasteiger partial charge on any atom is -0.497 e. The Kier molecular flexibility index (Phi) is 7.20. The highest BCUT2D eigenvalue weighted by Crippen LogP contribution is 2.18. The molecule has 0 aliphatic heterocycles. The molecule has 2 rings (SSSR count). The number of aliphatic imine (C=N–C) groups is 1. The quantitative estimate of drug-likeness (QED) is 0.557. The number of nitrogens with zero attached hydrogens (tertiary/aromatic N) is 2. The molecule has 0 bridgehead atoms. The van der Waals surface area contributed by atoms with Gasteiger partial charge in [0.05, 0.1) is 12.0 Å². The summed E-state index contributed by atoms with van der Waals surface area (Å²) in [5.74, 6) is 1.39. The summed E-state index contributed by atoms with van der Waals surface area (Å²) in [7, 11) is 2.85. The molecule has 0 spiro atoms. The fourth-order valence-electron chi connectivity index (χ4n) is 2.43. The number of hydrogen-bond acceptors (Lipinski definition) is 4. The maximum absolute atomic E-state index is 12.5. The van der Waals surface area contributed by atoms with Crippen LogP contribution in [0, 0.1) is 0 Å². The van der Waals surface area contributed by atoms with Gasteiger partial charge in [-0.3, -0.25) is 4.99 Å². The van der Waals surface area contributed by atoms with Gasteiger partial charge in [-0.15, -0.1) is 0 Å². The van der Waals surface area contributed by atoms with Crippen molar-refractivity contribution in [2.24, 2.45) is 4.99 Å². The molecule has 0 heterocycles. The molecule has 0 amide bonds. The number of rotatable bonds is 7. The topological polar surface area (TPSA) is 83.0 Å². The van der Waals surface area contributed by atoms with Crippen LogP contribution in [0.4, 0.5) is 0 Å². The molecule has 0 fully saturated rings. The summed E-state index contributed by atoms with van der Waals surface area (Å²) in [4.78, 5) is 4.47. The van der Waals surface area contributed by atoms with E-state index in [0.29, 0.717) is 24.6 Å². The van der Waals surface area contributed by atoms with Crippen molar-refractivity contribution in [3.63, 3.8) is 0 Å². The molecule has 2 aromatic rings. The minimum atomic E-state index is -3.50. The largest absolute Gasteiger partial charge is 0.497 e. The van der Waals surface area contributed by atoms with E-state index >= 15 is 0 Å². The van der Waals surface area contributed by atoms with Crippen LogP contribution in [0.15, 0.2) is 58.4 Å². The highest BCUT2D eigenvalue weighted by Gasteiger charge is 2.20. The fourth-order valence-corrected chi connectivity index (χ4v) is 3.54. The zero-order chi connectivity index (χ0) is 19.9. The molecule has 0 atom stereocenters. The van der Waals surface area contributed by atoms with Gasteiger partial charge in [-0.05, 0) is 29.3 Å². The normalized spacial score (nSPS) is 12.1. The van der Waals surface area contributed by atoms with E-state index in [9.17, 15) is 8.42 Å². The van der Waals surface area contributed by atoms with Crippen molar-refractivity contribution in [1.82, 2.24) is 14.9 Å². The highest BCUT2D eigenvalue weighted by molar-refractivity contribution is 7.89. The second kappa shape index (κ2) is 9.38. The van der Waals surface area contributed by atoms with E-state index in [1.807, 2.05) is 30.3 Å². The second-order valence-electron chi connectivity index (χ2n) is 6.02. The predicted octanol–water partition coefficient (Wildman–Crippen LogP) is 1.81. The molecule has 0 aliphatic rings. The van der Waals surface area contributed by atoms with Crippen LogP contribution in [0.2, 0.25) is 0 Å². The smallest absolute Gasteiger partial charge is 0.242 e. The molecular formula is C19H26N4O3S. The van der Waals surface area contributed by atoms with Gasteiger partial charge in [0.1, 0.15) is 5.75 Å². The molecule has 0 radical (unpaired) electrons. The number of methoxy groups -OCH3 is 1. The molecule has 2 N–H and O–H groups in total. The summed E-state index contributed by atoms with van der Waals surface area (Å²) in [5.41, 5.74) is 1.76. The summed E-state index contributed by atoms with van der Waals surface area (Å²) >= 11 is 0. The summed E-state index contributed by atoms with van der Waals surface area (Å²) < 4.78 is 31.3. The van der Waals surface area contributed by atoms with Crippen LogP contribution in [-0.4, -0.2) is 46.9 Å². The lowest BCUT2D eigenvalue weighted by atomic mass is 10.2. The Morgan fingerprint density at radius 3 is 2.26 bits per heavy atom. The van der Waals surface area contributed by atoms with Gasteiger partial charge in [0.25, 0.3) is 0 Å². The summed E-state index contributed by atoms with van der Waals surface area (Å²) in [6.45, 7) is 0.923. The van der Waals surface area contributed by atoms with E-state index in [4.69, 9.17) is 4.74 Å². The molecule has 0 aliphatic carbocycles. The number of sulfonamides is 1. The van der Waals surface area contributed by atoms with Gasteiger partial charge in [-0.2, -0.15) is 0 Å². The fraction of sp³-hybridized carbons (Fsp3) is 0.316. The Labute approximate surface area is 161 Å². The molecule has 146 valence electrons. The Morgan fingerprint density at radius 1 is 1.04 bits per heavy atom. The molecule has 7 nitrogen and oxygen atoms in total. The molecule has 0 saturated heterocycles. The predicted molar refractivity (Wildman–Crippen MR) is 107 cm³/mol. The number of ether oxygens (including phenoxy) is 1. The van der Waals surface area contributed by atoms with Gasteiger partial charge < -0.3 is 15.4 Å². The number of guanidine groups is 1. The summed E-state index contributed by atoms with van der Waals surface area (Å²) in [6.07, 6.45) is 0. The van der Waals surface area contributed by atoms with Crippen LogP contribution >= 0.6 is 0 Å². The third kappa shape index (κ3) is 5.45. The van der Waals surface area contributed by atoms with Crippen molar-refractivity contribution in [2.45, 2.75) is 18.0 Å². The first kappa shape index (κ1) is 20.7. The van der Waals surface area contributed by atoms with E-state index in [0.717, 1.165) is 11.3 Å². The third-order valence-corrected chi connectivity index (χ3v) is 5.94. The van der Waals surface area contributed by atoms with Gasteiger partial charge in [0.15, 0.2) is 5.96 Å². The maximum Gasteiger partial charge on any atom is 0.242 e. The van der Waals surface area contributed by atoms with Crippen molar-refractivity contribution in [3.05, 3.63) is 59.7 Å². The Bertz CT molecular complexity index is 878. The summed E-state index contributed by atoms with van der Waals surface area (Å²) in [6, 6.07) is 14.7. The van der Waals surface area contributed by atoms with Crippen LogP contribution in [0.3, 0.4) is 0 Å². The molecule has 27 heavy (non-hydrogen) atoms. The van der Waals surface area contributed by atoms with Crippen molar-refractivity contribution >= 4 is 16.0 Å². The first-order valence-electron chi connectivity index (χ1n) is 8.46. The van der Waals surface area contributed by atoms with Gasteiger partial charge in [0, 0.05) is 34.2 Å². The Morgan fingerprint density at radius 2 is 1.67 bits per heavy atom. The number of benzene rings is 2. The monoisotopic (exact) mass is 390 g/mol. The van der Waals surface area contributed by atoms with E-state index < -0.39 is 10.0 Å². The Hall–Kier alpha value is -2.58. The van der Waals surface area contributed by atoms with E-state index in [1.54, 1.807) is 32.4 Å². The van der Waals surface area contributed by atoms with Gasteiger partial charge in [-0.1, -0.05) is 30.3 Å². The SMILES string of the molecule is CN=C(NCc1ccc(OC)cc1)NCc1ccccc1S(=O)(=O)N(C)C. The average molecular weight is 391 g/mol. The summed E-state index contributed by atoms with van der Waals surface area (Å²) in [5, 5.41) is 6.37. The molecule has 2 aromatic carbocycles. The van der Waals surface area contributed by atoms with Crippen molar-refractivity contribution in [2.75, 3.05) is 28.3 Å². The Balaban J connectivity index is 2.02. The van der Waals surface area contributed by atoms with Crippen LogP contribution in [0.5, 0.6) is 5.75 Å². The van der Waals surface area contributed by atoms with E-state index in [2.05, 4.69) is 15.6 Å². The van der Waals surface area contributed by atoms with E-state index in [1.165, 1.54) is 18.4 Å². The zero-order valence-corrected chi connectivity index (χ0v) is 16.9. The van der Waals surface area contributed by atoms with Gasteiger partial charge in [-0.25, -0.2) is 12.7 Å². The second-order valence-corrected chi connectivity index (χ2v) is 8.14. The minimum absolute atomic E-state index is 0.285. The third-order valence-electron chi connectivity index (χ3n) is 4.02. The molecule has 8 heteroatoms. The van der Waals surface area contributed by atoms with Crippen molar-refractivity contribution in [1.29, 1.82) is 0 Å². The van der Waals surface area contributed by atoms with Crippen LogP contribution in [0.25, 0.3) is 0 Å². The van der Waals surface area contributed by atoms with Gasteiger partial charge >= 0.3 is 0 Å². The lowest BCUT2D eigenvalue weighted by molar-refractivity contribution is 0.414. The average Bonchev–Trinajstić information content (AvgIpc) is 2.68. The van der Waals surface area contributed by atoms with Crippen molar-refractivity contribution in [3.8, 4) is 5.75 Å². The zero-order valence-electron chi connectivity index (χ0n) is 16.1. The van der Waals surface area contributed by atoms with Crippen LogP contribution in [0.1, 0.15) is 11.1 Å². The molecular weight excluding hydrogens is 364 g/mol. The maximum atomic E-state index is 12.5. The van der Waals surface area contributed by atoms with Crippen molar-refractivity contribution < 1.29 is 13.2 Å². The van der Waals surface area contributed by atoms with Crippen LogP contribution in [-0.2, 0) is 23.1 Å². The first-order valence-corrected chi connectivity index (χ1v) is 9.90. The molecule has 0 saturated carbocycles. The lowest BCUT2D eigenvalue weighted by Crippen LogP contribution is -2.36. The highest BCUT2D eigenvalue weighted by atomic mass is 32.2. The van der Waals surface area contributed by atoms with Gasteiger partial charge in [0.2, 0.25) is 10.0 Å². The lowest BCUT2D eigenvalue weighted by Gasteiger charge is -2.17. The molecule has 0 aromatic heterocycles. The number of nitrogens with one attached hydrogen (secondary N) is 2. The van der Waals surface area contributed by atoms with Crippen LogP contribution < -0.4 is 15.4 Å². The van der Waals surface area contributed by atoms with E-state index in [-0.39, 0.29) is 4.90 Å². The number of hydrogen-bond donors (Lipinski definition) is 2. The first-order chi connectivity index (χ1) is 12.9. The standard InChI is InChI=1S/C19H26N4O3S/c1-20-19(21-13-15-9-11-17(26-4)12-10-15)22-14-16-7-5-6-8-18(16)27(24,25)23(2)3/h5-12H,13-14H2,1-4H3,(H2,20,21,22).